The molecule has 0 rings (SSSR count). The van der Waals surface area contributed by atoms with Crippen LogP contribution in [0.1, 0.15) is 6.92 Å². The Labute approximate surface area is 78.1 Å². The zero-order chi connectivity index (χ0) is 12.7. The van der Waals surface area contributed by atoms with Crippen LogP contribution in [0.25, 0.3) is 0 Å². The van der Waals surface area contributed by atoms with Gasteiger partial charge in [0.1, 0.15) is 6.17 Å². The van der Waals surface area contributed by atoms with E-state index in [0.717, 1.165) is 0 Å². The molecular weight excluding hydrogens is 243 g/mol. The number of halogens is 9. The van der Waals surface area contributed by atoms with Crippen LogP contribution in [0.4, 0.5) is 39.5 Å². The van der Waals surface area contributed by atoms with Gasteiger partial charge in [-0.3, -0.25) is 0 Å². The molecule has 0 amide bonds. The third-order valence-electron chi connectivity index (χ3n) is 1.52. The third-order valence-corrected chi connectivity index (χ3v) is 1.52. The van der Waals surface area contributed by atoms with Crippen molar-refractivity contribution in [3.63, 3.8) is 0 Å². The van der Waals surface area contributed by atoms with Crippen molar-refractivity contribution in [3.8, 4) is 0 Å². The molecule has 0 saturated carbocycles. The zero-order valence-electron chi connectivity index (χ0n) is 7.06. The molecular formula is C6H5F9. The number of hydrogen-bond acceptors (Lipinski definition) is 0. The molecule has 0 N–H and O–H groups in total. The first kappa shape index (κ1) is 14.4. The molecule has 2 atom stereocenters. The summed E-state index contributed by atoms with van der Waals surface area (Å²) in [5.41, 5.74) is 0. The van der Waals surface area contributed by atoms with E-state index in [1.165, 1.54) is 0 Å². The van der Waals surface area contributed by atoms with Crippen LogP contribution in [0.5, 0.6) is 0 Å². The highest BCUT2D eigenvalue weighted by atomic mass is 19.4. The molecule has 92 valence electrons. The highest BCUT2D eigenvalue weighted by Crippen LogP contribution is 2.49. The Morgan fingerprint density at radius 1 is 0.800 bits per heavy atom. The number of rotatable bonds is 3. The molecule has 9 heteroatoms. The summed E-state index contributed by atoms with van der Waals surface area (Å²) in [5, 5.41) is 0. The van der Waals surface area contributed by atoms with E-state index in [-0.39, 0.29) is 6.92 Å². The van der Waals surface area contributed by atoms with E-state index in [9.17, 15) is 39.5 Å². The molecule has 0 heterocycles. The molecule has 0 aromatic rings. The van der Waals surface area contributed by atoms with Crippen molar-refractivity contribution >= 4 is 0 Å². The lowest BCUT2D eigenvalue weighted by Crippen LogP contribution is -2.58. The summed E-state index contributed by atoms with van der Waals surface area (Å²) in [6.07, 6.45) is -14.0. The smallest absolute Gasteiger partial charge is 0.244 e. The third kappa shape index (κ3) is 2.31. The monoisotopic (exact) mass is 248 g/mol. The lowest BCUT2D eigenvalue weighted by molar-refractivity contribution is -0.368. The largest absolute Gasteiger partial charge is 0.459 e. The van der Waals surface area contributed by atoms with Gasteiger partial charge in [-0.05, 0) is 6.92 Å². The summed E-state index contributed by atoms with van der Waals surface area (Å²) in [6.45, 7) is 0.116. The molecule has 0 radical (unpaired) electrons. The van der Waals surface area contributed by atoms with Gasteiger partial charge in [0.15, 0.2) is 0 Å². The Balaban J connectivity index is 5.19. The van der Waals surface area contributed by atoms with Crippen LogP contribution in [0.2, 0.25) is 0 Å². The molecule has 0 fully saturated rings. The van der Waals surface area contributed by atoms with Crippen molar-refractivity contribution in [1.29, 1.82) is 0 Å². The molecule has 0 aromatic heterocycles. The maximum Gasteiger partial charge on any atom is 0.459 e. The van der Waals surface area contributed by atoms with Crippen LogP contribution in [0, 0.1) is 0 Å². The van der Waals surface area contributed by atoms with Crippen LogP contribution < -0.4 is 0 Å². The van der Waals surface area contributed by atoms with Gasteiger partial charge in [0.25, 0.3) is 0 Å². The van der Waals surface area contributed by atoms with E-state index in [2.05, 4.69) is 0 Å². The molecule has 0 aliphatic heterocycles. The fraction of sp³-hybridized carbons (Fsp3) is 1.00. The minimum Gasteiger partial charge on any atom is -0.244 e. The molecule has 0 aromatic carbocycles. The van der Waals surface area contributed by atoms with Crippen molar-refractivity contribution < 1.29 is 39.5 Å². The summed E-state index contributed by atoms with van der Waals surface area (Å²) >= 11 is 0. The van der Waals surface area contributed by atoms with E-state index in [4.69, 9.17) is 0 Å². The predicted molar refractivity (Wildman–Crippen MR) is 31.4 cm³/mol. The molecule has 15 heavy (non-hydrogen) atoms. The topological polar surface area (TPSA) is 0 Å². The summed E-state index contributed by atoms with van der Waals surface area (Å²) in [7, 11) is 0. The maximum atomic E-state index is 12.3. The SMILES string of the molecule is CC(F)C(F)C(F)(F)C(F)(F)C(F)(F)F. The molecule has 0 aliphatic rings. The fourth-order valence-corrected chi connectivity index (χ4v) is 0.651. The van der Waals surface area contributed by atoms with Crippen molar-refractivity contribution in [2.24, 2.45) is 0 Å². The highest BCUT2D eigenvalue weighted by Gasteiger charge is 2.76. The van der Waals surface area contributed by atoms with E-state index in [1.807, 2.05) is 0 Å². The maximum absolute atomic E-state index is 12.3. The summed E-state index contributed by atoms with van der Waals surface area (Å²) in [6, 6.07) is 0. The average molecular weight is 248 g/mol. The molecule has 0 saturated heterocycles. The van der Waals surface area contributed by atoms with Crippen LogP contribution in [-0.4, -0.2) is 30.4 Å². The van der Waals surface area contributed by atoms with Crippen LogP contribution in [0.3, 0.4) is 0 Å². The second-order valence-corrected chi connectivity index (χ2v) is 2.77. The molecule has 0 nitrogen and oxygen atoms in total. The Bertz CT molecular complexity index is 215. The van der Waals surface area contributed by atoms with Gasteiger partial charge in [-0.1, -0.05) is 0 Å². The van der Waals surface area contributed by atoms with Gasteiger partial charge in [-0.2, -0.15) is 30.7 Å². The van der Waals surface area contributed by atoms with E-state index in [0.29, 0.717) is 0 Å². The quantitative estimate of drug-likeness (QED) is 0.670. The summed E-state index contributed by atoms with van der Waals surface area (Å²) in [5.74, 6) is -12.8. The fourth-order valence-electron chi connectivity index (χ4n) is 0.651. The van der Waals surface area contributed by atoms with Crippen LogP contribution in [-0.2, 0) is 0 Å². The first-order valence-corrected chi connectivity index (χ1v) is 3.46. The second kappa shape index (κ2) is 3.75. The lowest BCUT2D eigenvalue weighted by atomic mass is 10.0. The van der Waals surface area contributed by atoms with Crippen LogP contribution >= 0.6 is 0 Å². The Kier molecular flexibility index (Phi) is 3.59. The van der Waals surface area contributed by atoms with Gasteiger partial charge in [-0.25, -0.2) is 8.78 Å². The van der Waals surface area contributed by atoms with Crippen molar-refractivity contribution in [1.82, 2.24) is 0 Å². The predicted octanol–water partition coefficient (Wildman–Crippen LogP) is 3.52. The summed E-state index contributed by atoms with van der Waals surface area (Å²) in [4.78, 5) is 0. The second-order valence-electron chi connectivity index (χ2n) is 2.77. The normalized spacial score (nSPS) is 18.8. The Hall–Kier alpha value is -0.630. The van der Waals surface area contributed by atoms with Gasteiger partial charge >= 0.3 is 18.0 Å². The van der Waals surface area contributed by atoms with Crippen molar-refractivity contribution in [3.05, 3.63) is 0 Å². The van der Waals surface area contributed by atoms with Crippen LogP contribution in [0.15, 0.2) is 0 Å². The molecule has 0 aliphatic carbocycles. The Morgan fingerprint density at radius 3 is 1.33 bits per heavy atom. The molecule has 0 spiro atoms. The minimum atomic E-state index is -6.64. The molecule has 2 unspecified atom stereocenters. The van der Waals surface area contributed by atoms with E-state index in [1.54, 1.807) is 0 Å². The lowest BCUT2D eigenvalue weighted by Gasteiger charge is -2.30. The van der Waals surface area contributed by atoms with Gasteiger partial charge in [0, 0.05) is 0 Å². The molecule has 0 bridgehead atoms. The average Bonchev–Trinajstić information content (AvgIpc) is 2.00. The highest BCUT2D eigenvalue weighted by molar-refractivity contribution is 4.97. The first-order chi connectivity index (χ1) is 6.35. The van der Waals surface area contributed by atoms with Gasteiger partial charge in [0.2, 0.25) is 6.17 Å². The zero-order valence-corrected chi connectivity index (χ0v) is 7.06. The summed E-state index contributed by atoms with van der Waals surface area (Å²) < 4.78 is 107. The first-order valence-electron chi connectivity index (χ1n) is 3.46. The van der Waals surface area contributed by atoms with E-state index < -0.39 is 30.4 Å². The van der Waals surface area contributed by atoms with Gasteiger partial charge in [-0.15, -0.1) is 0 Å². The van der Waals surface area contributed by atoms with Gasteiger partial charge < -0.3 is 0 Å². The van der Waals surface area contributed by atoms with Gasteiger partial charge in [0.05, 0.1) is 0 Å². The standard InChI is InChI=1S/C6H5F9/c1-2(7)3(8)4(9,10)5(11,12)6(13,14)15/h2-3H,1H3. The van der Waals surface area contributed by atoms with Crippen molar-refractivity contribution in [2.45, 2.75) is 37.3 Å². The number of alkyl halides is 9. The van der Waals surface area contributed by atoms with E-state index >= 15 is 0 Å². The van der Waals surface area contributed by atoms with Crippen molar-refractivity contribution in [2.75, 3.05) is 0 Å². The minimum absolute atomic E-state index is 0.116. The number of hydrogen-bond donors (Lipinski definition) is 0. The Morgan fingerprint density at radius 2 is 1.13 bits per heavy atom.